The fraction of sp³-hybridized carbons (Fsp3) is 0.240. The summed E-state index contributed by atoms with van der Waals surface area (Å²) in [4.78, 5) is 17.3. The van der Waals surface area contributed by atoms with Crippen molar-refractivity contribution in [2.45, 2.75) is 17.5 Å². The largest absolute Gasteiger partial charge is 0.333 e. The number of aromatic nitrogens is 3. The van der Waals surface area contributed by atoms with Crippen LogP contribution in [0.3, 0.4) is 0 Å². The maximum Gasteiger partial charge on any atom is 0.254 e. The van der Waals surface area contributed by atoms with E-state index in [1.54, 1.807) is 11.8 Å². The van der Waals surface area contributed by atoms with Gasteiger partial charge in [-0.15, -0.1) is 10.2 Å². The molecule has 4 rings (SSSR count). The molecule has 0 saturated heterocycles. The summed E-state index contributed by atoms with van der Waals surface area (Å²) in [6.07, 6.45) is 1.97. The van der Waals surface area contributed by atoms with Crippen molar-refractivity contribution in [3.8, 4) is 0 Å². The molecular formula is C25H27N5OS. The lowest BCUT2D eigenvalue weighted by atomic mass is 10.1. The van der Waals surface area contributed by atoms with Gasteiger partial charge in [-0.3, -0.25) is 9.20 Å². The Labute approximate surface area is 192 Å². The van der Waals surface area contributed by atoms with Crippen molar-refractivity contribution >= 4 is 23.3 Å². The van der Waals surface area contributed by atoms with Crippen molar-refractivity contribution < 1.29 is 4.79 Å². The topological polar surface area (TPSA) is 53.7 Å². The van der Waals surface area contributed by atoms with Crippen LogP contribution < -0.4 is 0 Å². The van der Waals surface area contributed by atoms with Crippen LogP contribution in [0.4, 0.5) is 0 Å². The minimum absolute atomic E-state index is 0.0540. The fourth-order valence-electron chi connectivity index (χ4n) is 3.37. The average molecular weight is 446 g/mol. The van der Waals surface area contributed by atoms with Crippen LogP contribution in [0.1, 0.15) is 21.5 Å². The second-order valence-corrected chi connectivity index (χ2v) is 8.86. The van der Waals surface area contributed by atoms with E-state index in [9.17, 15) is 4.79 Å². The van der Waals surface area contributed by atoms with Gasteiger partial charge in [0.2, 0.25) is 0 Å². The highest BCUT2D eigenvalue weighted by Gasteiger charge is 2.16. The SMILES string of the molecule is CN(C)CCN(Cc1ccccc1)C(=O)c1ccc(CSc2nnc3ccccn23)cc1. The van der Waals surface area contributed by atoms with Crippen molar-refractivity contribution in [2.24, 2.45) is 0 Å². The molecule has 0 N–H and O–H groups in total. The van der Waals surface area contributed by atoms with Crippen LogP contribution in [0.5, 0.6) is 0 Å². The highest BCUT2D eigenvalue weighted by molar-refractivity contribution is 7.98. The van der Waals surface area contributed by atoms with Crippen LogP contribution in [0.25, 0.3) is 5.65 Å². The number of nitrogens with zero attached hydrogens (tertiary/aromatic N) is 5. The summed E-state index contributed by atoms with van der Waals surface area (Å²) in [5, 5.41) is 9.32. The number of benzene rings is 2. The Morgan fingerprint density at radius 2 is 1.62 bits per heavy atom. The first kappa shape index (κ1) is 22.0. The Morgan fingerprint density at radius 1 is 0.875 bits per heavy atom. The molecular weight excluding hydrogens is 418 g/mol. The first-order valence-corrected chi connectivity index (χ1v) is 11.6. The smallest absolute Gasteiger partial charge is 0.254 e. The van der Waals surface area contributed by atoms with Crippen molar-refractivity contribution in [1.82, 2.24) is 24.4 Å². The van der Waals surface area contributed by atoms with Gasteiger partial charge in [-0.2, -0.15) is 0 Å². The maximum absolute atomic E-state index is 13.2. The standard InChI is InChI=1S/C25H27N5OS/c1-28(2)16-17-29(18-20-8-4-3-5-9-20)24(31)22-13-11-21(12-14-22)19-32-25-27-26-23-10-6-7-15-30(23)25/h3-15H,16-19H2,1-2H3. The summed E-state index contributed by atoms with van der Waals surface area (Å²) < 4.78 is 1.98. The number of rotatable bonds is 9. The fourth-order valence-corrected chi connectivity index (χ4v) is 4.25. The summed E-state index contributed by atoms with van der Waals surface area (Å²) >= 11 is 1.63. The molecule has 2 heterocycles. The number of hydrogen-bond donors (Lipinski definition) is 0. The van der Waals surface area contributed by atoms with Gasteiger partial charge in [0.25, 0.3) is 5.91 Å². The molecule has 2 aromatic carbocycles. The Kier molecular flexibility index (Phi) is 7.19. The van der Waals surface area contributed by atoms with Gasteiger partial charge < -0.3 is 9.80 Å². The third-order valence-electron chi connectivity index (χ3n) is 5.17. The molecule has 4 aromatic rings. The molecule has 1 amide bonds. The zero-order chi connectivity index (χ0) is 22.3. The van der Waals surface area contributed by atoms with E-state index in [2.05, 4.69) is 27.2 Å². The lowest BCUT2D eigenvalue weighted by Crippen LogP contribution is -2.36. The van der Waals surface area contributed by atoms with Gasteiger partial charge >= 0.3 is 0 Å². The lowest BCUT2D eigenvalue weighted by molar-refractivity contribution is 0.0732. The third kappa shape index (κ3) is 5.55. The molecule has 0 bridgehead atoms. The monoisotopic (exact) mass is 445 g/mol. The van der Waals surface area contributed by atoms with Gasteiger partial charge in [0.1, 0.15) is 0 Å². The quantitative estimate of drug-likeness (QED) is 0.361. The van der Waals surface area contributed by atoms with Gasteiger partial charge in [0.15, 0.2) is 10.8 Å². The van der Waals surface area contributed by atoms with Crippen LogP contribution in [0, 0.1) is 0 Å². The molecule has 0 fully saturated rings. The van der Waals surface area contributed by atoms with Gasteiger partial charge in [0, 0.05) is 37.1 Å². The van der Waals surface area contributed by atoms with Crippen LogP contribution in [0.2, 0.25) is 0 Å². The van der Waals surface area contributed by atoms with E-state index in [4.69, 9.17) is 0 Å². The highest BCUT2D eigenvalue weighted by atomic mass is 32.2. The van der Waals surface area contributed by atoms with E-state index >= 15 is 0 Å². The summed E-state index contributed by atoms with van der Waals surface area (Å²) in [6, 6.07) is 23.9. The number of pyridine rings is 1. The maximum atomic E-state index is 13.2. The Balaban J connectivity index is 1.42. The number of carbonyl (C=O) groups excluding carboxylic acids is 1. The molecule has 0 radical (unpaired) electrons. The molecule has 0 saturated carbocycles. The molecule has 0 unspecified atom stereocenters. The van der Waals surface area contributed by atoms with Crippen LogP contribution in [0.15, 0.2) is 84.1 Å². The molecule has 0 aliphatic rings. The van der Waals surface area contributed by atoms with Crippen molar-refractivity contribution in [3.63, 3.8) is 0 Å². The Hall–Kier alpha value is -3.16. The van der Waals surface area contributed by atoms with Gasteiger partial charge in [-0.05, 0) is 49.5 Å². The van der Waals surface area contributed by atoms with Gasteiger partial charge in [-0.25, -0.2) is 0 Å². The second kappa shape index (κ2) is 10.4. The Morgan fingerprint density at radius 3 is 2.38 bits per heavy atom. The molecule has 32 heavy (non-hydrogen) atoms. The zero-order valence-electron chi connectivity index (χ0n) is 18.4. The van der Waals surface area contributed by atoms with E-state index in [0.717, 1.165) is 34.2 Å². The predicted molar refractivity (Wildman–Crippen MR) is 129 cm³/mol. The molecule has 0 aliphatic heterocycles. The van der Waals surface area contributed by atoms with E-state index in [1.807, 2.05) is 90.3 Å². The second-order valence-electron chi connectivity index (χ2n) is 7.91. The number of thioether (sulfide) groups is 1. The van der Waals surface area contributed by atoms with E-state index in [-0.39, 0.29) is 5.91 Å². The van der Waals surface area contributed by atoms with E-state index in [0.29, 0.717) is 18.7 Å². The molecule has 7 heteroatoms. The van der Waals surface area contributed by atoms with E-state index in [1.165, 1.54) is 0 Å². The number of carbonyl (C=O) groups is 1. The number of likely N-dealkylation sites (N-methyl/N-ethyl adjacent to an activating group) is 1. The number of fused-ring (bicyclic) bond motifs is 1. The summed E-state index contributed by atoms with van der Waals surface area (Å²) in [6.45, 7) is 2.10. The molecule has 0 spiro atoms. The third-order valence-corrected chi connectivity index (χ3v) is 6.19. The van der Waals surface area contributed by atoms with E-state index < -0.39 is 0 Å². The van der Waals surface area contributed by atoms with Crippen LogP contribution in [-0.4, -0.2) is 57.5 Å². The van der Waals surface area contributed by atoms with Crippen molar-refractivity contribution in [3.05, 3.63) is 95.7 Å². The molecule has 164 valence electrons. The molecule has 6 nitrogen and oxygen atoms in total. The highest BCUT2D eigenvalue weighted by Crippen LogP contribution is 2.22. The van der Waals surface area contributed by atoms with Gasteiger partial charge in [-0.1, -0.05) is 60.3 Å². The minimum atomic E-state index is 0.0540. The summed E-state index contributed by atoms with van der Waals surface area (Å²) in [5.74, 6) is 0.816. The van der Waals surface area contributed by atoms with Gasteiger partial charge in [0.05, 0.1) is 0 Å². The normalized spacial score (nSPS) is 11.2. The van der Waals surface area contributed by atoms with Crippen LogP contribution in [-0.2, 0) is 12.3 Å². The summed E-state index contributed by atoms with van der Waals surface area (Å²) in [5.41, 5.74) is 3.82. The lowest BCUT2D eigenvalue weighted by Gasteiger charge is -2.25. The van der Waals surface area contributed by atoms with Crippen molar-refractivity contribution in [1.29, 1.82) is 0 Å². The Bertz CT molecular complexity index is 1160. The average Bonchev–Trinajstić information content (AvgIpc) is 3.24. The van der Waals surface area contributed by atoms with Crippen LogP contribution >= 0.6 is 11.8 Å². The predicted octanol–water partition coefficient (Wildman–Crippen LogP) is 4.23. The first-order chi connectivity index (χ1) is 15.6. The number of hydrogen-bond acceptors (Lipinski definition) is 5. The molecule has 0 aliphatic carbocycles. The zero-order valence-corrected chi connectivity index (χ0v) is 19.2. The number of amides is 1. The molecule has 2 aromatic heterocycles. The minimum Gasteiger partial charge on any atom is -0.333 e. The van der Waals surface area contributed by atoms with Crippen molar-refractivity contribution in [2.75, 3.05) is 27.2 Å². The molecule has 0 atom stereocenters. The summed E-state index contributed by atoms with van der Waals surface area (Å²) in [7, 11) is 4.05. The first-order valence-electron chi connectivity index (χ1n) is 10.6.